The van der Waals surface area contributed by atoms with Crippen LogP contribution in [0, 0.1) is 0 Å². The first kappa shape index (κ1) is 21.5. The first-order valence-electron chi connectivity index (χ1n) is 3.76. The average Bonchev–Trinajstić information content (AvgIpc) is 2.14. The molecule has 0 amide bonds. The Labute approximate surface area is 112 Å². The van der Waals surface area contributed by atoms with Gasteiger partial charge in [0.15, 0.2) is 0 Å². The number of hydrogen-bond donors (Lipinski definition) is 1. The Balaban J connectivity index is 0. The molecule has 125 valence electrons. The van der Waals surface area contributed by atoms with Crippen LogP contribution >= 0.6 is 0 Å². The first-order valence-corrected chi connectivity index (χ1v) is 3.76. The zero-order valence-corrected chi connectivity index (χ0v) is 9.26. The second-order valence-electron chi connectivity index (χ2n) is 3.10. The van der Waals surface area contributed by atoms with Crippen molar-refractivity contribution in [1.29, 1.82) is 0 Å². The Morgan fingerprint density at radius 3 is 1.15 bits per heavy atom. The van der Waals surface area contributed by atoms with Crippen LogP contribution in [0.2, 0.25) is 0 Å². The van der Waals surface area contributed by atoms with Gasteiger partial charge < -0.3 is 5.11 Å². The van der Waals surface area contributed by atoms with Gasteiger partial charge in [-0.05, 0) is 0 Å². The molecule has 0 aromatic rings. The standard InChI is InChI=1S/C6HF11O2.Cu/c7-2(8,1(18)19)3(9,10)4(11,12)5(13,14)6(15,16)17;/h(H,18,19);. The number of rotatable bonds is 4. The Morgan fingerprint density at radius 1 is 0.650 bits per heavy atom. The molecular formula is C6HCuF11O2. The summed E-state index contributed by atoms with van der Waals surface area (Å²) >= 11 is 0. The van der Waals surface area contributed by atoms with E-state index in [-0.39, 0.29) is 17.1 Å². The zero-order chi connectivity index (χ0) is 16.1. The number of alkyl halides is 11. The molecule has 14 heteroatoms. The fourth-order valence-electron chi connectivity index (χ4n) is 0.707. The second-order valence-corrected chi connectivity index (χ2v) is 3.10. The fourth-order valence-corrected chi connectivity index (χ4v) is 0.707. The van der Waals surface area contributed by atoms with Crippen molar-refractivity contribution in [3.63, 3.8) is 0 Å². The molecule has 0 saturated heterocycles. The van der Waals surface area contributed by atoms with Crippen molar-refractivity contribution in [3.05, 3.63) is 0 Å². The van der Waals surface area contributed by atoms with Gasteiger partial charge in [0.05, 0.1) is 0 Å². The van der Waals surface area contributed by atoms with Crippen molar-refractivity contribution >= 4 is 5.97 Å². The maximum absolute atomic E-state index is 12.4. The maximum Gasteiger partial charge on any atom is 0.460 e. The summed E-state index contributed by atoms with van der Waals surface area (Å²) in [5.41, 5.74) is 0. The molecule has 0 rings (SSSR count). The van der Waals surface area contributed by atoms with Crippen LogP contribution in [-0.2, 0) is 21.9 Å². The molecule has 0 spiro atoms. The molecule has 1 N–H and O–H groups in total. The predicted octanol–water partition coefficient (Wildman–Crippen LogP) is 3.17. The fraction of sp³-hybridized carbons (Fsp3) is 0.833. The van der Waals surface area contributed by atoms with Gasteiger partial charge in [0, 0.05) is 17.1 Å². The number of hydrogen-bond acceptors (Lipinski definition) is 1. The van der Waals surface area contributed by atoms with Crippen LogP contribution in [0.1, 0.15) is 0 Å². The third kappa shape index (κ3) is 2.67. The van der Waals surface area contributed by atoms with E-state index in [2.05, 4.69) is 0 Å². The van der Waals surface area contributed by atoms with Crippen molar-refractivity contribution < 1.29 is 75.3 Å². The normalized spacial score (nSPS) is 14.8. The summed E-state index contributed by atoms with van der Waals surface area (Å²) in [4.78, 5) is 9.60. The van der Waals surface area contributed by atoms with Gasteiger partial charge in [0.2, 0.25) is 0 Å². The minimum Gasteiger partial charge on any atom is -0.477 e. The van der Waals surface area contributed by atoms with Crippen LogP contribution in [0.15, 0.2) is 0 Å². The summed E-state index contributed by atoms with van der Waals surface area (Å²) in [7, 11) is 0. The largest absolute Gasteiger partial charge is 0.477 e. The van der Waals surface area contributed by atoms with E-state index in [0.717, 1.165) is 0 Å². The zero-order valence-electron chi connectivity index (χ0n) is 8.31. The van der Waals surface area contributed by atoms with Crippen LogP contribution in [0.25, 0.3) is 0 Å². The Kier molecular flexibility index (Phi) is 5.60. The van der Waals surface area contributed by atoms with Crippen molar-refractivity contribution in [1.82, 2.24) is 0 Å². The molecule has 0 aliphatic heterocycles. The van der Waals surface area contributed by atoms with Crippen LogP contribution in [0.4, 0.5) is 48.3 Å². The van der Waals surface area contributed by atoms with Crippen LogP contribution in [-0.4, -0.2) is 40.9 Å². The quantitative estimate of drug-likeness (QED) is 0.603. The van der Waals surface area contributed by atoms with Crippen molar-refractivity contribution in [3.8, 4) is 0 Å². The number of halogens is 11. The van der Waals surface area contributed by atoms with Gasteiger partial charge in [-0.3, -0.25) is 0 Å². The van der Waals surface area contributed by atoms with Crippen LogP contribution < -0.4 is 0 Å². The SMILES string of the molecule is O=C(O)C(F)(F)C(F)(F)C(F)(F)C(F)(F)C(F)(F)F.[Cu]. The van der Waals surface area contributed by atoms with Gasteiger partial charge in [-0.1, -0.05) is 0 Å². The van der Waals surface area contributed by atoms with E-state index in [1.54, 1.807) is 0 Å². The van der Waals surface area contributed by atoms with E-state index in [9.17, 15) is 53.1 Å². The number of carboxylic acids is 1. The third-order valence-corrected chi connectivity index (χ3v) is 1.81. The van der Waals surface area contributed by atoms with Gasteiger partial charge in [0.1, 0.15) is 0 Å². The smallest absolute Gasteiger partial charge is 0.460 e. The summed E-state index contributed by atoms with van der Waals surface area (Å²) in [5, 5.41) is 7.52. The molecule has 0 aromatic carbocycles. The topological polar surface area (TPSA) is 37.3 Å². The maximum atomic E-state index is 12.4. The summed E-state index contributed by atoms with van der Waals surface area (Å²) in [6, 6.07) is 0. The molecule has 0 bridgehead atoms. The summed E-state index contributed by atoms with van der Waals surface area (Å²) < 4.78 is 133. The van der Waals surface area contributed by atoms with E-state index in [0.29, 0.717) is 0 Å². The molecule has 0 atom stereocenters. The van der Waals surface area contributed by atoms with E-state index >= 15 is 0 Å². The Morgan fingerprint density at radius 2 is 0.950 bits per heavy atom. The van der Waals surface area contributed by atoms with E-state index in [1.165, 1.54) is 0 Å². The number of aliphatic carboxylic acids is 1. The van der Waals surface area contributed by atoms with Gasteiger partial charge in [-0.15, -0.1) is 0 Å². The van der Waals surface area contributed by atoms with Crippen molar-refractivity contribution in [2.45, 2.75) is 29.9 Å². The van der Waals surface area contributed by atoms with Crippen molar-refractivity contribution in [2.75, 3.05) is 0 Å². The van der Waals surface area contributed by atoms with Crippen LogP contribution in [0.3, 0.4) is 0 Å². The molecule has 0 fully saturated rings. The second kappa shape index (κ2) is 5.20. The average molecular weight is 378 g/mol. The van der Waals surface area contributed by atoms with Gasteiger partial charge >= 0.3 is 35.8 Å². The molecule has 0 heterocycles. The minimum atomic E-state index is -7.68. The van der Waals surface area contributed by atoms with E-state index in [1.807, 2.05) is 0 Å². The van der Waals surface area contributed by atoms with E-state index < -0.39 is 35.8 Å². The number of carbonyl (C=O) groups is 1. The summed E-state index contributed by atoms with van der Waals surface area (Å²) in [6.45, 7) is 0. The van der Waals surface area contributed by atoms with Gasteiger partial charge in [0.25, 0.3) is 0 Å². The predicted molar refractivity (Wildman–Crippen MR) is 33.5 cm³/mol. The molecule has 0 saturated carbocycles. The molecule has 0 aliphatic rings. The molecule has 20 heavy (non-hydrogen) atoms. The third-order valence-electron chi connectivity index (χ3n) is 1.81. The molecular weight excluding hydrogens is 377 g/mol. The molecule has 0 unspecified atom stereocenters. The van der Waals surface area contributed by atoms with Gasteiger partial charge in [-0.2, -0.15) is 48.3 Å². The Hall–Kier alpha value is -0.781. The molecule has 1 radical (unpaired) electrons. The summed E-state index contributed by atoms with van der Waals surface area (Å²) in [6.07, 6.45) is -7.30. The number of carboxylic acid groups (broad SMARTS) is 1. The molecule has 2 nitrogen and oxygen atoms in total. The minimum absolute atomic E-state index is 0. The molecule has 0 aliphatic carbocycles. The van der Waals surface area contributed by atoms with Gasteiger partial charge in [-0.25, -0.2) is 4.79 Å². The monoisotopic (exact) mass is 377 g/mol. The van der Waals surface area contributed by atoms with Crippen LogP contribution in [0.5, 0.6) is 0 Å². The first-order chi connectivity index (χ1) is 7.94. The Bertz CT molecular complexity index is 374. The molecule has 0 aromatic heterocycles. The van der Waals surface area contributed by atoms with Crippen molar-refractivity contribution in [2.24, 2.45) is 0 Å². The summed E-state index contributed by atoms with van der Waals surface area (Å²) in [5.74, 6) is -33.6. The van der Waals surface area contributed by atoms with E-state index in [4.69, 9.17) is 5.11 Å².